The lowest BCUT2D eigenvalue weighted by Crippen LogP contribution is -2.18. The van der Waals surface area contributed by atoms with Gasteiger partial charge in [0.15, 0.2) is 0 Å². The zero-order valence-electron chi connectivity index (χ0n) is 8.93. The SMILES string of the molecule is CCNCCC(C)CC(=O)OCC. The van der Waals surface area contributed by atoms with E-state index in [1.54, 1.807) is 0 Å². The third kappa shape index (κ3) is 7.78. The predicted molar refractivity (Wildman–Crippen MR) is 53.6 cm³/mol. The van der Waals surface area contributed by atoms with E-state index in [2.05, 4.69) is 19.2 Å². The molecule has 0 radical (unpaired) electrons. The van der Waals surface area contributed by atoms with Crippen molar-refractivity contribution in [2.45, 2.75) is 33.6 Å². The number of hydrogen-bond acceptors (Lipinski definition) is 3. The van der Waals surface area contributed by atoms with Gasteiger partial charge in [-0.2, -0.15) is 0 Å². The third-order valence-electron chi connectivity index (χ3n) is 1.88. The number of hydrogen-bond donors (Lipinski definition) is 1. The highest BCUT2D eigenvalue weighted by atomic mass is 16.5. The minimum absolute atomic E-state index is 0.0773. The van der Waals surface area contributed by atoms with Gasteiger partial charge in [0.05, 0.1) is 6.61 Å². The van der Waals surface area contributed by atoms with E-state index in [0.29, 0.717) is 18.9 Å². The van der Waals surface area contributed by atoms with Crippen molar-refractivity contribution in [2.24, 2.45) is 5.92 Å². The number of nitrogens with one attached hydrogen (secondary N) is 1. The molecule has 0 aromatic heterocycles. The highest BCUT2D eigenvalue weighted by molar-refractivity contribution is 5.69. The molecule has 0 fully saturated rings. The van der Waals surface area contributed by atoms with Crippen molar-refractivity contribution in [3.05, 3.63) is 0 Å². The topological polar surface area (TPSA) is 38.3 Å². The molecule has 0 amide bonds. The summed E-state index contributed by atoms with van der Waals surface area (Å²) in [6, 6.07) is 0. The Kier molecular flexibility index (Phi) is 7.69. The fourth-order valence-corrected chi connectivity index (χ4v) is 1.13. The molecule has 1 atom stereocenters. The second kappa shape index (κ2) is 8.05. The molecule has 13 heavy (non-hydrogen) atoms. The Morgan fingerprint density at radius 1 is 1.46 bits per heavy atom. The van der Waals surface area contributed by atoms with E-state index < -0.39 is 0 Å². The van der Waals surface area contributed by atoms with Crippen molar-refractivity contribution in [3.8, 4) is 0 Å². The highest BCUT2D eigenvalue weighted by Crippen LogP contribution is 2.07. The van der Waals surface area contributed by atoms with Crippen LogP contribution in [0.25, 0.3) is 0 Å². The standard InChI is InChI=1S/C10H21NO2/c1-4-11-7-6-9(3)8-10(12)13-5-2/h9,11H,4-8H2,1-3H3. The van der Waals surface area contributed by atoms with Gasteiger partial charge in [0.2, 0.25) is 0 Å². The summed E-state index contributed by atoms with van der Waals surface area (Å²) in [4.78, 5) is 11.0. The summed E-state index contributed by atoms with van der Waals surface area (Å²) >= 11 is 0. The van der Waals surface area contributed by atoms with Crippen LogP contribution in [-0.4, -0.2) is 25.7 Å². The van der Waals surface area contributed by atoms with Crippen LogP contribution in [0.5, 0.6) is 0 Å². The quantitative estimate of drug-likeness (QED) is 0.485. The maximum absolute atomic E-state index is 11.0. The molecule has 0 aliphatic rings. The summed E-state index contributed by atoms with van der Waals surface area (Å²) in [7, 11) is 0. The van der Waals surface area contributed by atoms with Gasteiger partial charge in [-0.05, 0) is 32.4 Å². The Hall–Kier alpha value is -0.570. The van der Waals surface area contributed by atoms with E-state index in [-0.39, 0.29) is 5.97 Å². The Morgan fingerprint density at radius 2 is 2.15 bits per heavy atom. The predicted octanol–water partition coefficient (Wildman–Crippen LogP) is 1.58. The average molecular weight is 187 g/mol. The maximum Gasteiger partial charge on any atom is 0.306 e. The van der Waals surface area contributed by atoms with Crippen LogP contribution in [0.3, 0.4) is 0 Å². The first-order valence-electron chi connectivity index (χ1n) is 5.07. The molecule has 3 nitrogen and oxygen atoms in total. The zero-order valence-corrected chi connectivity index (χ0v) is 8.93. The van der Waals surface area contributed by atoms with Crippen molar-refractivity contribution in [1.82, 2.24) is 5.32 Å². The molecule has 0 saturated heterocycles. The smallest absolute Gasteiger partial charge is 0.306 e. The molecular formula is C10H21NO2. The summed E-state index contributed by atoms with van der Waals surface area (Å²) in [5, 5.41) is 3.23. The number of ether oxygens (including phenoxy) is 1. The van der Waals surface area contributed by atoms with Crippen LogP contribution < -0.4 is 5.32 Å². The van der Waals surface area contributed by atoms with Gasteiger partial charge in [-0.25, -0.2) is 0 Å². The van der Waals surface area contributed by atoms with E-state index >= 15 is 0 Å². The molecule has 0 saturated carbocycles. The number of carbonyl (C=O) groups excluding carboxylic acids is 1. The summed E-state index contributed by atoms with van der Waals surface area (Å²) in [6.45, 7) is 8.45. The van der Waals surface area contributed by atoms with Crippen LogP contribution in [0.15, 0.2) is 0 Å². The van der Waals surface area contributed by atoms with E-state index in [1.807, 2.05) is 6.92 Å². The first kappa shape index (κ1) is 12.4. The molecule has 78 valence electrons. The molecule has 0 rings (SSSR count). The monoisotopic (exact) mass is 187 g/mol. The van der Waals surface area contributed by atoms with Gasteiger partial charge in [0, 0.05) is 6.42 Å². The summed E-state index contributed by atoms with van der Waals surface area (Å²) in [5.41, 5.74) is 0. The van der Waals surface area contributed by atoms with Gasteiger partial charge in [0.25, 0.3) is 0 Å². The van der Waals surface area contributed by atoms with Crippen molar-refractivity contribution in [2.75, 3.05) is 19.7 Å². The van der Waals surface area contributed by atoms with Crippen LogP contribution in [0.2, 0.25) is 0 Å². The van der Waals surface area contributed by atoms with Gasteiger partial charge in [0.1, 0.15) is 0 Å². The van der Waals surface area contributed by atoms with Crippen LogP contribution in [0, 0.1) is 5.92 Å². The lowest BCUT2D eigenvalue weighted by Gasteiger charge is -2.10. The number of esters is 1. The molecule has 0 aromatic rings. The first-order chi connectivity index (χ1) is 6.20. The van der Waals surface area contributed by atoms with Gasteiger partial charge in [-0.1, -0.05) is 13.8 Å². The molecular weight excluding hydrogens is 166 g/mol. The number of carbonyl (C=O) groups is 1. The minimum Gasteiger partial charge on any atom is -0.466 e. The van der Waals surface area contributed by atoms with E-state index in [0.717, 1.165) is 19.5 Å². The minimum atomic E-state index is -0.0773. The second-order valence-corrected chi connectivity index (χ2v) is 3.26. The number of rotatable bonds is 7. The van der Waals surface area contributed by atoms with Crippen LogP contribution in [0.1, 0.15) is 33.6 Å². The Balaban J connectivity index is 3.38. The molecule has 3 heteroatoms. The summed E-state index contributed by atoms with van der Waals surface area (Å²) < 4.78 is 4.86. The van der Waals surface area contributed by atoms with Gasteiger partial charge in [-0.3, -0.25) is 4.79 Å². The van der Waals surface area contributed by atoms with Crippen molar-refractivity contribution in [3.63, 3.8) is 0 Å². The van der Waals surface area contributed by atoms with E-state index in [9.17, 15) is 4.79 Å². The third-order valence-corrected chi connectivity index (χ3v) is 1.88. The molecule has 1 unspecified atom stereocenters. The van der Waals surface area contributed by atoms with E-state index in [4.69, 9.17) is 4.74 Å². The maximum atomic E-state index is 11.0. The van der Waals surface area contributed by atoms with E-state index in [1.165, 1.54) is 0 Å². The summed E-state index contributed by atoms with van der Waals surface area (Å²) in [5.74, 6) is 0.338. The Labute approximate surface area is 80.8 Å². The van der Waals surface area contributed by atoms with Crippen molar-refractivity contribution < 1.29 is 9.53 Å². The molecule has 0 heterocycles. The lowest BCUT2D eigenvalue weighted by atomic mass is 10.0. The average Bonchev–Trinajstić information content (AvgIpc) is 2.05. The van der Waals surface area contributed by atoms with Crippen LogP contribution in [0.4, 0.5) is 0 Å². The fourth-order valence-electron chi connectivity index (χ4n) is 1.13. The molecule has 0 aliphatic carbocycles. The summed E-state index contributed by atoms with van der Waals surface area (Å²) in [6.07, 6.45) is 1.58. The zero-order chi connectivity index (χ0) is 10.1. The normalized spacial score (nSPS) is 12.5. The fraction of sp³-hybridized carbons (Fsp3) is 0.900. The first-order valence-corrected chi connectivity index (χ1v) is 5.07. The second-order valence-electron chi connectivity index (χ2n) is 3.26. The lowest BCUT2D eigenvalue weighted by molar-refractivity contribution is -0.144. The van der Waals surface area contributed by atoms with Crippen molar-refractivity contribution >= 4 is 5.97 Å². The molecule has 1 N–H and O–H groups in total. The van der Waals surface area contributed by atoms with Gasteiger partial charge < -0.3 is 10.1 Å². The highest BCUT2D eigenvalue weighted by Gasteiger charge is 2.08. The molecule has 0 aromatic carbocycles. The van der Waals surface area contributed by atoms with Crippen LogP contribution in [-0.2, 0) is 9.53 Å². The Morgan fingerprint density at radius 3 is 2.69 bits per heavy atom. The molecule has 0 aliphatic heterocycles. The molecule has 0 bridgehead atoms. The van der Waals surface area contributed by atoms with Gasteiger partial charge >= 0.3 is 5.97 Å². The van der Waals surface area contributed by atoms with Gasteiger partial charge in [-0.15, -0.1) is 0 Å². The largest absolute Gasteiger partial charge is 0.466 e. The molecule has 0 spiro atoms. The Bertz CT molecular complexity index is 137. The van der Waals surface area contributed by atoms with Crippen molar-refractivity contribution in [1.29, 1.82) is 0 Å². The van der Waals surface area contributed by atoms with Crippen LogP contribution >= 0.6 is 0 Å².